The molecule has 496 valence electrons. The Bertz CT molecular complexity index is 2460. The lowest BCUT2D eigenvalue weighted by molar-refractivity contribution is -0.308. The van der Waals surface area contributed by atoms with Crippen LogP contribution in [0, 0.1) is 0 Å². The lowest BCUT2D eigenvalue weighted by atomic mass is 9.97. The zero-order valence-corrected chi connectivity index (χ0v) is 55.2. The van der Waals surface area contributed by atoms with E-state index in [1.807, 2.05) is 6.08 Å². The number of ether oxygens (including phenoxy) is 9. The molecular formula is C73H109NO15. The predicted molar refractivity (Wildman–Crippen MR) is 346 cm³/mol. The van der Waals surface area contributed by atoms with Gasteiger partial charge in [0.1, 0.15) is 42.7 Å². The van der Waals surface area contributed by atoms with Crippen molar-refractivity contribution < 1.29 is 71.4 Å². The van der Waals surface area contributed by atoms with E-state index in [-0.39, 0.29) is 23.5 Å². The number of hydrogen-bond donors (Lipinski definition) is 1. The average Bonchev–Trinajstić information content (AvgIpc) is 0.899. The Hall–Kier alpha value is -5.94. The molecule has 7 atom stereocenters. The number of unbranched alkanes of at least 4 members (excludes halogenated alkanes) is 23. The summed E-state index contributed by atoms with van der Waals surface area (Å²) in [7, 11) is 0. The van der Waals surface area contributed by atoms with Crippen molar-refractivity contribution in [3.8, 4) is 0 Å². The number of benzene rings is 3. The first-order valence-electron chi connectivity index (χ1n) is 33.5. The summed E-state index contributed by atoms with van der Waals surface area (Å²) in [6, 6.07) is 23.8. The topological polar surface area (TPSA) is 198 Å². The molecular weight excluding hydrogens is 1130 g/mol. The highest BCUT2D eigenvalue weighted by Crippen LogP contribution is 2.32. The van der Waals surface area contributed by atoms with E-state index in [9.17, 15) is 28.8 Å². The van der Waals surface area contributed by atoms with Crippen LogP contribution < -0.4 is 5.32 Å². The molecule has 89 heavy (non-hydrogen) atoms. The van der Waals surface area contributed by atoms with E-state index >= 15 is 0 Å². The van der Waals surface area contributed by atoms with Crippen LogP contribution in [-0.4, -0.2) is 116 Å². The van der Waals surface area contributed by atoms with Crippen molar-refractivity contribution in [1.82, 2.24) is 5.32 Å². The van der Waals surface area contributed by atoms with Crippen molar-refractivity contribution in [3.05, 3.63) is 120 Å². The second-order valence-corrected chi connectivity index (χ2v) is 25.5. The van der Waals surface area contributed by atoms with Gasteiger partial charge in [-0.2, -0.15) is 0 Å². The summed E-state index contributed by atoms with van der Waals surface area (Å²) in [4.78, 5) is 83.6. The molecule has 0 saturated carbocycles. The molecule has 3 aromatic rings. The summed E-state index contributed by atoms with van der Waals surface area (Å²) in [5.41, 5.74) is -1.16. The Morgan fingerprint density at radius 1 is 0.494 bits per heavy atom. The fraction of sp³-hybridized carbons (Fsp3) is 0.644. The molecule has 1 N–H and O–H groups in total. The highest BCUT2D eigenvalue weighted by atomic mass is 16.7. The van der Waals surface area contributed by atoms with Gasteiger partial charge in [0.15, 0.2) is 18.5 Å². The van der Waals surface area contributed by atoms with E-state index in [0.29, 0.717) is 18.4 Å². The summed E-state index contributed by atoms with van der Waals surface area (Å²) < 4.78 is 55.9. The fourth-order valence-electron chi connectivity index (χ4n) is 10.5. The summed E-state index contributed by atoms with van der Waals surface area (Å²) in [5, 5.41) is 3.14. The maximum atomic E-state index is 14.4. The minimum atomic E-state index is -1.65. The minimum absolute atomic E-state index is 0.141. The van der Waals surface area contributed by atoms with Gasteiger partial charge >= 0.3 is 29.8 Å². The van der Waals surface area contributed by atoms with Crippen LogP contribution in [-0.2, 0) is 57.0 Å². The van der Waals surface area contributed by atoms with Gasteiger partial charge in [-0.15, -0.1) is 0 Å². The molecule has 16 nitrogen and oxygen atoms in total. The van der Waals surface area contributed by atoms with Crippen molar-refractivity contribution in [2.45, 2.75) is 276 Å². The first kappa shape index (κ1) is 75.5. The molecule has 1 aliphatic heterocycles. The molecule has 0 unspecified atom stereocenters. The number of nitrogens with one attached hydrogen (secondary N) is 1. The van der Waals surface area contributed by atoms with Crippen molar-refractivity contribution in [2.24, 2.45) is 0 Å². The van der Waals surface area contributed by atoms with Gasteiger partial charge in [-0.05, 0) is 103 Å². The van der Waals surface area contributed by atoms with Crippen molar-refractivity contribution in [2.75, 3.05) is 26.4 Å². The van der Waals surface area contributed by atoms with Crippen LogP contribution in [0.25, 0.3) is 0 Å². The maximum Gasteiger partial charge on any atom is 0.338 e. The second kappa shape index (κ2) is 43.7. The fourth-order valence-corrected chi connectivity index (χ4v) is 10.5. The number of rotatable bonds is 45. The normalized spacial score (nSPS) is 17.6. The molecule has 1 saturated heterocycles. The van der Waals surface area contributed by atoms with E-state index < -0.39 is 110 Å². The van der Waals surface area contributed by atoms with E-state index in [4.69, 9.17) is 42.6 Å². The third kappa shape index (κ3) is 33.1. The maximum absolute atomic E-state index is 14.4. The monoisotopic (exact) mass is 1240 g/mol. The number of amides is 1. The lowest BCUT2D eigenvalue weighted by Gasteiger charge is -2.45. The molecule has 1 amide bonds. The number of carbonyl (C=O) groups excluding carboxylic acids is 6. The number of hydrogen-bond acceptors (Lipinski definition) is 15. The second-order valence-electron chi connectivity index (χ2n) is 25.5. The van der Waals surface area contributed by atoms with Gasteiger partial charge in [0.25, 0.3) is 0 Å². The first-order valence-corrected chi connectivity index (χ1v) is 33.5. The van der Waals surface area contributed by atoms with Crippen LogP contribution in [0.3, 0.4) is 0 Å². The van der Waals surface area contributed by atoms with Crippen LogP contribution in [0.4, 0.5) is 0 Å². The molecule has 0 spiro atoms. The minimum Gasteiger partial charge on any atom is -0.458 e. The molecule has 0 bridgehead atoms. The highest BCUT2D eigenvalue weighted by Gasteiger charge is 2.53. The third-order valence-corrected chi connectivity index (χ3v) is 15.1. The van der Waals surface area contributed by atoms with Crippen LogP contribution >= 0.6 is 0 Å². The summed E-state index contributed by atoms with van der Waals surface area (Å²) >= 11 is 0. The number of carbonyl (C=O) groups is 6. The molecule has 4 rings (SSSR count). The Morgan fingerprint density at radius 2 is 0.910 bits per heavy atom. The zero-order chi connectivity index (χ0) is 64.5. The van der Waals surface area contributed by atoms with Gasteiger partial charge in [-0.1, -0.05) is 216 Å². The van der Waals surface area contributed by atoms with Gasteiger partial charge in [-0.25, -0.2) is 24.0 Å². The summed E-state index contributed by atoms with van der Waals surface area (Å²) in [6.07, 6.45) is 23.9. The number of allylic oxidation sites excluding steroid dienone is 1. The van der Waals surface area contributed by atoms with Crippen molar-refractivity contribution >= 4 is 35.8 Å². The molecule has 1 heterocycles. The Balaban J connectivity index is 1.73. The largest absolute Gasteiger partial charge is 0.458 e. The standard InChI is InChI=1S/C73H109NO15/c1-9-11-13-15-17-19-21-23-25-27-29-31-42-50-60(84-68(78)56-44-36-33-37-45-56)59(74-62(75)51-43-32-30-28-26-24-22-20-18-16-14-12-10-2)52-83-71-67(87-70(80)58-48-40-35-41-49-58)66(86-69(79)57-46-38-34-39-47-57)65(82-55-64(77)89-73(6,7)8)61(85-71)53-81-54-63(76)88-72(3,4)5/h33-42,44-50,59-61,65-67,71H,9-32,43,51-55H2,1-8H3,(H,74,75)/b50-42+/t59-,60+,61+,65-,66-,67+,71-/m0/s1. The molecule has 1 aliphatic rings. The molecule has 0 aromatic heterocycles. The third-order valence-electron chi connectivity index (χ3n) is 15.1. The van der Waals surface area contributed by atoms with Gasteiger partial charge in [-0.3, -0.25) is 4.79 Å². The van der Waals surface area contributed by atoms with Crippen LogP contribution in [0.2, 0.25) is 0 Å². The van der Waals surface area contributed by atoms with Crippen LogP contribution in [0.1, 0.15) is 253 Å². The quantitative estimate of drug-likeness (QED) is 0.0242. The van der Waals surface area contributed by atoms with Crippen LogP contribution in [0.5, 0.6) is 0 Å². The lowest BCUT2D eigenvalue weighted by Crippen LogP contribution is -2.63. The molecule has 1 fully saturated rings. The van der Waals surface area contributed by atoms with E-state index in [1.165, 1.54) is 103 Å². The summed E-state index contributed by atoms with van der Waals surface area (Å²) in [5.74, 6) is -4.06. The summed E-state index contributed by atoms with van der Waals surface area (Å²) in [6.45, 7) is 12.7. The number of esters is 5. The van der Waals surface area contributed by atoms with Gasteiger partial charge in [0, 0.05) is 6.42 Å². The van der Waals surface area contributed by atoms with Gasteiger partial charge in [0.2, 0.25) is 5.91 Å². The van der Waals surface area contributed by atoms with E-state index in [1.54, 1.807) is 139 Å². The van der Waals surface area contributed by atoms with Crippen molar-refractivity contribution in [3.63, 3.8) is 0 Å². The molecule has 0 aliphatic carbocycles. The van der Waals surface area contributed by atoms with E-state index in [0.717, 1.165) is 44.9 Å². The van der Waals surface area contributed by atoms with Crippen LogP contribution in [0.15, 0.2) is 103 Å². The SMILES string of the molecule is CCCCCCCCCCCCC/C=C/[C@@H](OC(=O)c1ccccc1)[C@H](CO[C@H]1O[C@H](COCC(=O)OC(C)(C)C)[C@H](OCC(=O)OC(C)(C)C)[C@H](OC(=O)c2ccccc2)[C@H]1OC(=O)c1ccccc1)NC(=O)CCCCCCCCCCCCCCC. The molecule has 0 radical (unpaired) electrons. The zero-order valence-electron chi connectivity index (χ0n) is 55.2. The highest BCUT2D eigenvalue weighted by molar-refractivity contribution is 5.91. The van der Waals surface area contributed by atoms with Gasteiger partial charge in [0.05, 0.1) is 35.9 Å². The molecule has 16 heteroatoms. The Kier molecular flexibility index (Phi) is 37.1. The van der Waals surface area contributed by atoms with Gasteiger partial charge < -0.3 is 47.9 Å². The predicted octanol–water partition coefficient (Wildman–Crippen LogP) is 15.7. The van der Waals surface area contributed by atoms with Crippen molar-refractivity contribution in [1.29, 1.82) is 0 Å². The van der Waals surface area contributed by atoms with E-state index in [2.05, 4.69) is 19.2 Å². The Morgan fingerprint density at radius 3 is 1.37 bits per heavy atom. The average molecular weight is 1240 g/mol. The first-order chi connectivity index (χ1) is 42.9. The molecule has 3 aromatic carbocycles. The Labute approximate surface area is 532 Å². The smallest absolute Gasteiger partial charge is 0.338 e.